The van der Waals surface area contributed by atoms with Crippen molar-refractivity contribution in [1.29, 1.82) is 0 Å². The van der Waals surface area contributed by atoms with E-state index in [9.17, 15) is 0 Å². The van der Waals surface area contributed by atoms with Crippen LogP contribution in [-0.4, -0.2) is 10.2 Å². The van der Waals surface area contributed by atoms with Crippen molar-refractivity contribution in [3.05, 3.63) is 38.7 Å². The minimum atomic E-state index is 0.749. The molecule has 4 heteroatoms. The maximum Gasteiger partial charge on any atom is 0.131 e. The van der Waals surface area contributed by atoms with Crippen LogP contribution in [0.2, 0.25) is 5.02 Å². The molecule has 0 aliphatic heterocycles. The Morgan fingerprint density at radius 2 is 2.21 bits per heavy atom. The number of aryl methyl sites for hydroxylation is 1. The molecule has 0 aliphatic carbocycles. The second-order valence-corrected chi connectivity index (χ2v) is 4.48. The van der Waals surface area contributed by atoms with Gasteiger partial charge in [-0.05, 0) is 47.2 Å². The minimum absolute atomic E-state index is 0.749. The van der Waals surface area contributed by atoms with Crippen LogP contribution in [0.4, 0.5) is 0 Å². The number of aromatic nitrogens is 2. The van der Waals surface area contributed by atoms with Crippen LogP contribution < -0.4 is 0 Å². The first kappa shape index (κ1) is 9.98. The molecular weight excluding hydrogens is 310 g/mol. The van der Waals surface area contributed by atoms with Gasteiger partial charge in [-0.25, -0.2) is 0 Å². The molecule has 1 aromatic heterocycles. The van der Waals surface area contributed by atoms with Gasteiger partial charge in [-0.1, -0.05) is 23.7 Å². The van der Waals surface area contributed by atoms with Crippen molar-refractivity contribution in [2.45, 2.75) is 6.92 Å². The smallest absolute Gasteiger partial charge is 0.131 e. The standard InChI is InChI=1S/C10H8ClIN2/c1-6-9(10(12)14-13-6)7-3-2-4-8(11)5-7/h2-5H,1H3,(H,13,14). The van der Waals surface area contributed by atoms with Crippen LogP contribution in [0.15, 0.2) is 24.3 Å². The van der Waals surface area contributed by atoms with E-state index < -0.39 is 0 Å². The first-order valence-corrected chi connectivity index (χ1v) is 5.60. The number of hydrogen-bond donors (Lipinski definition) is 1. The highest BCUT2D eigenvalue weighted by atomic mass is 127. The fourth-order valence-corrected chi connectivity index (χ4v) is 2.41. The number of rotatable bonds is 1. The van der Waals surface area contributed by atoms with E-state index in [4.69, 9.17) is 11.6 Å². The van der Waals surface area contributed by atoms with Gasteiger partial charge in [-0.3, -0.25) is 5.10 Å². The molecule has 14 heavy (non-hydrogen) atoms. The molecule has 2 nitrogen and oxygen atoms in total. The molecule has 0 radical (unpaired) electrons. The van der Waals surface area contributed by atoms with Gasteiger partial charge in [0, 0.05) is 16.3 Å². The Morgan fingerprint density at radius 3 is 2.79 bits per heavy atom. The molecule has 2 aromatic rings. The van der Waals surface area contributed by atoms with E-state index in [2.05, 4.69) is 32.8 Å². The molecule has 1 heterocycles. The number of aromatic amines is 1. The van der Waals surface area contributed by atoms with Crippen LogP contribution in [0.25, 0.3) is 11.1 Å². The number of nitrogens with zero attached hydrogens (tertiary/aromatic N) is 1. The SMILES string of the molecule is Cc1[nH]nc(I)c1-c1cccc(Cl)c1. The minimum Gasteiger partial charge on any atom is -0.281 e. The number of benzene rings is 1. The maximum absolute atomic E-state index is 5.93. The molecule has 1 aromatic carbocycles. The third kappa shape index (κ3) is 1.79. The number of hydrogen-bond acceptors (Lipinski definition) is 1. The lowest BCUT2D eigenvalue weighted by Gasteiger charge is -2.00. The van der Waals surface area contributed by atoms with Crippen LogP contribution in [0.5, 0.6) is 0 Å². The average molecular weight is 319 g/mol. The number of H-pyrrole nitrogens is 1. The van der Waals surface area contributed by atoms with Crippen molar-refractivity contribution in [3.63, 3.8) is 0 Å². The molecule has 0 saturated heterocycles. The van der Waals surface area contributed by atoms with Gasteiger partial charge in [0.05, 0.1) is 0 Å². The highest BCUT2D eigenvalue weighted by Crippen LogP contribution is 2.28. The Kier molecular flexibility index (Phi) is 2.78. The van der Waals surface area contributed by atoms with E-state index in [1.165, 1.54) is 0 Å². The topological polar surface area (TPSA) is 28.7 Å². The van der Waals surface area contributed by atoms with Crippen LogP contribution in [0.3, 0.4) is 0 Å². The Bertz CT molecular complexity index is 445. The van der Waals surface area contributed by atoms with Crippen LogP contribution in [0.1, 0.15) is 5.69 Å². The molecule has 0 spiro atoms. The Hall–Kier alpha value is -0.550. The van der Waals surface area contributed by atoms with Crippen LogP contribution in [0, 0.1) is 10.6 Å². The van der Waals surface area contributed by atoms with E-state index in [1.807, 2.05) is 31.2 Å². The molecule has 2 rings (SSSR count). The summed E-state index contributed by atoms with van der Waals surface area (Å²) in [5.74, 6) is 0. The Labute approximate surface area is 101 Å². The Morgan fingerprint density at radius 1 is 1.43 bits per heavy atom. The van der Waals surface area contributed by atoms with Crippen LogP contribution in [-0.2, 0) is 0 Å². The van der Waals surface area contributed by atoms with E-state index in [1.54, 1.807) is 0 Å². The summed E-state index contributed by atoms with van der Waals surface area (Å²) in [5.41, 5.74) is 3.30. The molecule has 0 amide bonds. The highest BCUT2D eigenvalue weighted by molar-refractivity contribution is 14.1. The van der Waals surface area contributed by atoms with E-state index >= 15 is 0 Å². The third-order valence-corrected chi connectivity index (χ3v) is 3.03. The molecule has 0 fully saturated rings. The quantitative estimate of drug-likeness (QED) is 0.799. The normalized spacial score (nSPS) is 10.5. The van der Waals surface area contributed by atoms with Crippen molar-refractivity contribution in [1.82, 2.24) is 10.2 Å². The fourth-order valence-electron chi connectivity index (χ4n) is 1.38. The van der Waals surface area contributed by atoms with Gasteiger partial charge in [0.2, 0.25) is 0 Å². The summed E-state index contributed by atoms with van der Waals surface area (Å²) in [4.78, 5) is 0. The van der Waals surface area contributed by atoms with Gasteiger partial charge in [0.25, 0.3) is 0 Å². The molecule has 0 atom stereocenters. The van der Waals surface area contributed by atoms with Crippen LogP contribution >= 0.6 is 34.2 Å². The first-order chi connectivity index (χ1) is 6.68. The third-order valence-electron chi connectivity index (χ3n) is 2.02. The molecule has 0 saturated carbocycles. The largest absolute Gasteiger partial charge is 0.281 e. The van der Waals surface area contributed by atoms with Crippen molar-refractivity contribution < 1.29 is 0 Å². The number of nitrogens with one attached hydrogen (secondary N) is 1. The lowest BCUT2D eigenvalue weighted by atomic mass is 10.1. The predicted octanol–water partition coefficient (Wildman–Crippen LogP) is 3.64. The summed E-state index contributed by atoms with van der Waals surface area (Å²) >= 11 is 8.14. The van der Waals surface area contributed by atoms with E-state index in [0.29, 0.717) is 0 Å². The molecule has 1 N–H and O–H groups in total. The molecule has 0 aliphatic rings. The Balaban J connectivity index is 2.59. The second-order valence-electron chi connectivity index (χ2n) is 3.02. The molecular formula is C10H8ClIN2. The van der Waals surface area contributed by atoms with Crippen molar-refractivity contribution >= 4 is 34.2 Å². The van der Waals surface area contributed by atoms with Gasteiger partial charge < -0.3 is 0 Å². The van der Waals surface area contributed by atoms with Crippen molar-refractivity contribution in [2.24, 2.45) is 0 Å². The zero-order valence-electron chi connectivity index (χ0n) is 7.51. The maximum atomic E-state index is 5.93. The molecule has 72 valence electrons. The molecule has 0 unspecified atom stereocenters. The van der Waals surface area contributed by atoms with Gasteiger partial charge in [-0.15, -0.1) is 0 Å². The van der Waals surface area contributed by atoms with Gasteiger partial charge >= 0.3 is 0 Å². The van der Waals surface area contributed by atoms with Gasteiger partial charge in [-0.2, -0.15) is 5.10 Å². The first-order valence-electron chi connectivity index (χ1n) is 4.15. The van der Waals surface area contributed by atoms with Gasteiger partial charge in [0.15, 0.2) is 0 Å². The van der Waals surface area contributed by atoms with E-state index in [-0.39, 0.29) is 0 Å². The highest BCUT2D eigenvalue weighted by Gasteiger charge is 2.09. The average Bonchev–Trinajstić information content (AvgIpc) is 2.46. The summed E-state index contributed by atoms with van der Waals surface area (Å²) in [6.45, 7) is 2.01. The fraction of sp³-hybridized carbons (Fsp3) is 0.100. The lowest BCUT2D eigenvalue weighted by Crippen LogP contribution is -1.81. The van der Waals surface area contributed by atoms with E-state index in [0.717, 1.165) is 25.5 Å². The zero-order valence-corrected chi connectivity index (χ0v) is 10.4. The predicted molar refractivity (Wildman–Crippen MR) is 66.5 cm³/mol. The van der Waals surface area contributed by atoms with Crippen molar-refractivity contribution in [3.8, 4) is 11.1 Å². The zero-order chi connectivity index (χ0) is 10.1. The summed E-state index contributed by atoms with van der Waals surface area (Å²) in [7, 11) is 0. The summed E-state index contributed by atoms with van der Waals surface area (Å²) in [6, 6.07) is 7.79. The monoisotopic (exact) mass is 318 g/mol. The summed E-state index contributed by atoms with van der Waals surface area (Å²) in [6.07, 6.45) is 0. The van der Waals surface area contributed by atoms with Crippen molar-refractivity contribution in [2.75, 3.05) is 0 Å². The van der Waals surface area contributed by atoms with Gasteiger partial charge in [0.1, 0.15) is 3.70 Å². The summed E-state index contributed by atoms with van der Waals surface area (Å²) in [5, 5.41) is 7.84. The summed E-state index contributed by atoms with van der Waals surface area (Å²) < 4.78 is 0.974. The second kappa shape index (κ2) is 3.90. The number of halogens is 2. The lowest BCUT2D eigenvalue weighted by molar-refractivity contribution is 1.03. The molecule has 0 bridgehead atoms.